The van der Waals surface area contributed by atoms with Crippen LogP contribution in [0.5, 0.6) is 5.75 Å². The van der Waals surface area contributed by atoms with Crippen LogP contribution in [0.2, 0.25) is 5.02 Å². The van der Waals surface area contributed by atoms with E-state index in [1.165, 1.54) is 32.3 Å². The number of hydrogen-bond acceptors (Lipinski definition) is 9. The number of benzene rings is 2. The third-order valence-corrected chi connectivity index (χ3v) is 14.1. The van der Waals surface area contributed by atoms with E-state index in [1.54, 1.807) is 32.2 Å². The number of rotatable bonds is 2. The number of carbonyl (C=O) groups is 2. The zero-order chi connectivity index (χ0) is 40.2. The van der Waals surface area contributed by atoms with Crippen molar-refractivity contribution in [3.63, 3.8) is 0 Å². The Kier molecular flexibility index (Phi) is 14.5. The number of fused-ring (bicyclic) bond motifs is 4. The summed E-state index contributed by atoms with van der Waals surface area (Å²) in [4.78, 5) is 31.8. The van der Waals surface area contributed by atoms with Gasteiger partial charge in [0.1, 0.15) is 18.4 Å². The van der Waals surface area contributed by atoms with E-state index in [1.807, 2.05) is 32.1 Å². The Bertz CT molecular complexity index is 1960. The first-order chi connectivity index (χ1) is 26.0. The van der Waals surface area contributed by atoms with E-state index in [4.69, 9.17) is 27.6 Å². The van der Waals surface area contributed by atoms with Crippen LogP contribution in [-0.4, -0.2) is 76.9 Å². The van der Waals surface area contributed by atoms with E-state index in [9.17, 15) is 21.9 Å². The number of sulfonamides is 1. The van der Waals surface area contributed by atoms with Crippen LogP contribution >= 0.6 is 32.8 Å². The third kappa shape index (κ3) is 9.92. The van der Waals surface area contributed by atoms with Crippen molar-refractivity contribution in [2.45, 2.75) is 81.1 Å². The number of aldehydes is 1. The zero-order valence-electron chi connectivity index (χ0n) is 31.5. The van der Waals surface area contributed by atoms with Gasteiger partial charge < -0.3 is 24.5 Å². The SMILES string of the molecule is CO[C@]1(C=O)/C=C/C[C@H](C)[C@@H](C)S(=O)(=O)NC(=O)c2ccc3c(c2)N(C[C@@H]2CC[C@H]21)C[C@@]1(CCCc2cc(Cl)ccc21)CO3.FS(=S)I.[C-]#[N+]C1(C)CNC1. The number of aryl methyl sites for hydroxylation is 1. The molecule has 55 heavy (non-hydrogen) atoms. The van der Waals surface area contributed by atoms with Gasteiger partial charge in [-0.25, -0.2) is 19.7 Å². The number of anilines is 1. The van der Waals surface area contributed by atoms with Gasteiger partial charge in [0, 0.05) is 70.2 Å². The molecule has 7 rings (SSSR count). The highest BCUT2D eigenvalue weighted by Crippen LogP contribution is 2.48. The van der Waals surface area contributed by atoms with Crippen LogP contribution in [0.3, 0.4) is 0 Å². The normalized spacial score (nSPS) is 31.5. The van der Waals surface area contributed by atoms with Gasteiger partial charge in [0.05, 0.1) is 30.6 Å². The van der Waals surface area contributed by atoms with Crippen molar-refractivity contribution < 1.29 is 31.4 Å². The molecular weight excluding hydrogens is 898 g/mol. The molecule has 1 amide bonds. The molecule has 300 valence electrons. The molecule has 3 heterocycles. The number of hydrogen-bond donors (Lipinski definition) is 2. The molecule has 16 heteroatoms. The molecule has 1 saturated carbocycles. The van der Waals surface area contributed by atoms with Crippen molar-refractivity contribution >= 4 is 78.9 Å². The first-order valence-corrected chi connectivity index (χ1v) is 24.9. The standard InChI is InChI=1S/C34H41ClN2O6S.C5H8N2.FIS2/c1-22-6-4-15-34(20-38,42-3)29-11-8-26(29)18-37-19-33(14-5-7-24-16-27(35)10-12-28(24)33)21-43-31-13-9-25(17-30(31)37)32(39)36-44(40,41)23(22)2;1-5(6-2)3-7-4-5;1-4(2)3/h4,9-10,12-13,15-17,20,22-23,26,29H,5-8,11,14,18-19,21H2,1-3H3,(H,36,39);7H,3-4H2,1H3;/b15-4+;;/t22-,23+,26-,29+,33-,34-;;/m0../s1. The lowest BCUT2D eigenvalue weighted by molar-refractivity contribution is -0.135. The molecule has 2 aromatic carbocycles. The Balaban J connectivity index is 0.000000458. The van der Waals surface area contributed by atoms with Crippen LogP contribution in [0.15, 0.2) is 48.6 Å². The third-order valence-electron chi connectivity index (χ3n) is 12.0. The van der Waals surface area contributed by atoms with E-state index in [0.29, 0.717) is 36.9 Å². The lowest BCUT2D eigenvalue weighted by atomic mass is 9.64. The Morgan fingerprint density at radius 3 is 2.53 bits per heavy atom. The van der Waals surface area contributed by atoms with Crippen LogP contribution in [0.4, 0.5) is 9.57 Å². The zero-order valence-corrected chi connectivity index (χ0v) is 36.8. The fraction of sp³-hybridized carbons (Fsp3) is 0.564. The lowest BCUT2D eigenvalue weighted by Gasteiger charge is -2.48. The molecule has 5 aliphatic rings. The molecule has 0 radical (unpaired) electrons. The molecule has 10 nitrogen and oxygen atoms in total. The summed E-state index contributed by atoms with van der Waals surface area (Å²) < 4.78 is 52.2. The lowest BCUT2D eigenvalue weighted by Crippen LogP contribution is -2.54. The van der Waals surface area contributed by atoms with Crippen LogP contribution in [-0.2, 0) is 49.6 Å². The molecule has 2 aliphatic carbocycles. The van der Waals surface area contributed by atoms with Gasteiger partial charge in [0.2, 0.25) is 10.0 Å². The fourth-order valence-corrected chi connectivity index (χ4v) is 9.73. The Morgan fingerprint density at radius 1 is 1.22 bits per heavy atom. The summed E-state index contributed by atoms with van der Waals surface area (Å²) in [5, 5.41) is 2.92. The van der Waals surface area contributed by atoms with Crippen molar-refractivity contribution in [2.24, 2.45) is 17.8 Å². The van der Waals surface area contributed by atoms with E-state index >= 15 is 0 Å². The highest BCUT2D eigenvalue weighted by Gasteiger charge is 2.49. The second-order valence-corrected chi connectivity index (χ2v) is 23.4. The van der Waals surface area contributed by atoms with Crippen molar-refractivity contribution in [1.82, 2.24) is 10.0 Å². The van der Waals surface area contributed by atoms with Crippen LogP contribution in [0.1, 0.15) is 74.4 Å². The number of ether oxygens (including phenoxy) is 2. The van der Waals surface area contributed by atoms with Gasteiger partial charge >= 0.3 is 0 Å². The van der Waals surface area contributed by atoms with E-state index in [2.05, 4.69) is 43.1 Å². The highest BCUT2D eigenvalue weighted by molar-refractivity contribution is 14.2. The molecule has 3 aliphatic heterocycles. The molecule has 2 fully saturated rings. The Hall–Kier alpha value is -2.20. The minimum Gasteiger partial charge on any atom is -0.490 e. The predicted molar refractivity (Wildman–Crippen MR) is 229 cm³/mol. The van der Waals surface area contributed by atoms with Gasteiger partial charge in [-0.05, 0) is 116 Å². The van der Waals surface area contributed by atoms with Crippen LogP contribution in [0.25, 0.3) is 4.85 Å². The average molecular weight is 947 g/mol. The minimum atomic E-state index is -3.97. The number of methoxy groups -OCH3 is 1. The number of allylic oxidation sites excluding steroid dienone is 1. The van der Waals surface area contributed by atoms with Crippen LogP contribution < -0.4 is 19.7 Å². The maximum absolute atomic E-state index is 13.4. The molecule has 0 aromatic heterocycles. The minimum absolute atomic E-state index is 0.0434. The van der Waals surface area contributed by atoms with Crippen molar-refractivity contribution in [1.29, 1.82) is 0 Å². The van der Waals surface area contributed by atoms with Gasteiger partial charge in [-0.15, -0.1) is 0 Å². The average Bonchev–Trinajstić information content (AvgIpc) is 3.27. The summed E-state index contributed by atoms with van der Waals surface area (Å²) >= 11 is 11.9. The van der Waals surface area contributed by atoms with Gasteiger partial charge in [-0.1, -0.05) is 30.7 Å². The summed E-state index contributed by atoms with van der Waals surface area (Å²) in [6.07, 6.45) is 9.65. The summed E-state index contributed by atoms with van der Waals surface area (Å²) in [6.45, 7) is 15.5. The highest BCUT2D eigenvalue weighted by atomic mass is 127. The molecular formula is C39H49ClFIN4O6S3. The molecule has 2 N–H and O–H groups in total. The largest absolute Gasteiger partial charge is 0.490 e. The molecule has 1 saturated heterocycles. The van der Waals surface area contributed by atoms with Crippen LogP contribution in [0, 0.1) is 24.3 Å². The van der Waals surface area contributed by atoms with Gasteiger partial charge in [0.25, 0.3) is 11.4 Å². The molecule has 2 aromatic rings. The predicted octanol–water partition coefficient (Wildman–Crippen LogP) is 7.04. The number of nitrogens with zero attached hydrogens (tertiary/aromatic N) is 2. The van der Waals surface area contributed by atoms with Gasteiger partial charge in [0.15, 0.2) is 6.29 Å². The fourth-order valence-electron chi connectivity index (χ4n) is 8.25. The van der Waals surface area contributed by atoms with E-state index < -0.39 is 33.8 Å². The molecule has 7 atom stereocenters. The Morgan fingerprint density at radius 2 is 1.95 bits per heavy atom. The Labute approximate surface area is 349 Å². The van der Waals surface area contributed by atoms with E-state index in [0.717, 1.165) is 57.2 Å². The molecule has 1 unspecified atom stereocenters. The molecule has 2 bridgehead atoms. The number of carbonyl (C=O) groups excluding carboxylic acids is 2. The number of nitrogens with one attached hydrogen (secondary N) is 2. The second-order valence-electron chi connectivity index (χ2n) is 15.6. The maximum atomic E-state index is 13.4. The van der Waals surface area contributed by atoms with Gasteiger partial charge in [-0.3, -0.25) is 9.59 Å². The maximum Gasteiger partial charge on any atom is 0.264 e. The van der Waals surface area contributed by atoms with Gasteiger partial charge in [-0.2, -0.15) is 3.89 Å². The first kappa shape index (κ1) is 43.9. The monoisotopic (exact) mass is 946 g/mol. The topological polar surface area (TPSA) is 118 Å². The quantitative estimate of drug-likeness (QED) is 0.108. The molecule has 1 spiro atoms. The summed E-state index contributed by atoms with van der Waals surface area (Å²) in [7, 11) is -3.71. The first-order valence-electron chi connectivity index (χ1n) is 18.4. The number of halogens is 3. The van der Waals surface area contributed by atoms with Crippen molar-refractivity contribution in [3.8, 4) is 5.75 Å². The summed E-state index contributed by atoms with van der Waals surface area (Å²) in [5.74, 6) is -0.203. The summed E-state index contributed by atoms with van der Waals surface area (Å²) in [5.41, 5.74) is 1.99. The smallest absolute Gasteiger partial charge is 0.264 e. The second kappa shape index (κ2) is 18.2. The van der Waals surface area contributed by atoms with Crippen molar-refractivity contribution in [2.75, 3.05) is 44.8 Å². The van der Waals surface area contributed by atoms with E-state index in [-0.39, 0.29) is 34.3 Å². The van der Waals surface area contributed by atoms with Crippen molar-refractivity contribution in [3.05, 3.63) is 81.7 Å². The summed E-state index contributed by atoms with van der Waals surface area (Å²) in [6, 6.07) is 11.3. The number of amides is 1.